The molecule has 3 aromatic heterocycles. The highest BCUT2D eigenvalue weighted by Crippen LogP contribution is 2.51. The van der Waals surface area contributed by atoms with E-state index in [9.17, 15) is 0 Å². The molecule has 0 amide bonds. The highest BCUT2D eigenvalue weighted by Gasteiger charge is 2.37. The van der Waals surface area contributed by atoms with Crippen molar-refractivity contribution in [2.45, 2.75) is 19.3 Å². The molecule has 1 aliphatic rings. The first-order valence-corrected chi connectivity index (χ1v) is 15.7. The Morgan fingerprint density at radius 2 is 1.20 bits per heavy atom. The Labute approximate surface area is 267 Å². The summed E-state index contributed by atoms with van der Waals surface area (Å²) in [5.74, 6) is 0.736. The number of hydrogen-bond donors (Lipinski definition) is 0. The molecule has 0 aliphatic heterocycles. The molecule has 46 heavy (non-hydrogen) atoms. The van der Waals surface area contributed by atoms with Crippen LogP contribution < -0.4 is 0 Å². The Kier molecular flexibility index (Phi) is 5.81. The van der Waals surface area contributed by atoms with Gasteiger partial charge in [-0.15, -0.1) is 0 Å². The van der Waals surface area contributed by atoms with Crippen LogP contribution in [0.25, 0.3) is 72.5 Å². The van der Waals surface area contributed by atoms with Gasteiger partial charge in [-0.1, -0.05) is 117 Å². The van der Waals surface area contributed by atoms with Gasteiger partial charge in [0, 0.05) is 51.0 Å². The molecule has 0 spiro atoms. The van der Waals surface area contributed by atoms with E-state index in [1.54, 1.807) is 0 Å². The zero-order valence-electron chi connectivity index (χ0n) is 25.6. The summed E-state index contributed by atoms with van der Waals surface area (Å²) >= 11 is 0. The Bertz CT molecular complexity index is 2380. The van der Waals surface area contributed by atoms with E-state index in [0.29, 0.717) is 0 Å². The van der Waals surface area contributed by atoms with Crippen LogP contribution >= 0.6 is 0 Å². The fourth-order valence-corrected chi connectivity index (χ4v) is 7.29. The number of benzene rings is 5. The highest BCUT2D eigenvalue weighted by molar-refractivity contribution is 6.08. The molecule has 218 valence electrons. The summed E-state index contributed by atoms with van der Waals surface area (Å²) in [7, 11) is 0. The van der Waals surface area contributed by atoms with E-state index < -0.39 is 0 Å². The van der Waals surface area contributed by atoms with Gasteiger partial charge in [-0.3, -0.25) is 4.98 Å². The summed E-state index contributed by atoms with van der Waals surface area (Å²) in [6, 6.07) is 47.1. The molecular formula is C42H30N4. The van der Waals surface area contributed by atoms with E-state index in [0.717, 1.165) is 56.0 Å². The molecule has 5 aromatic carbocycles. The normalized spacial score (nSPS) is 13.2. The zero-order chi connectivity index (χ0) is 30.8. The lowest BCUT2D eigenvalue weighted by molar-refractivity contribution is 0.660. The average Bonchev–Trinajstić information content (AvgIpc) is 3.57. The van der Waals surface area contributed by atoms with Crippen molar-refractivity contribution in [1.29, 1.82) is 0 Å². The van der Waals surface area contributed by atoms with Crippen LogP contribution in [0.3, 0.4) is 0 Å². The zero-order valence-corrected chi connectivity index (χ0v) is 25.6. The molecule has 3 heterocycles. The molecular weight excluding hydrogens is 560 g/mol. The van der Waals surface area contributed by atoms with Crippen molar-refractivity contribution in [3.63, 3.8) is 0 Å². The minimum absolute atomic E-state index is 0.0967. The first-order chi connectivity index (χ1) is 22.6. The van der Waals surface area contributed by atoms with Crippen LogP contribution in [0.2, 0.25) is 0 Å². The van der Waals surface area contributed by atoms with Crippen molar-refractivity contribution in [1.82, 2.24) is 19.5 Å². The third kappa shape index (κ3) is 3.97. The van der Waals surface area contributed by atoms with Crippen molar-refractivity contribution in [2.75, 3.05) is 0 Å². The predicted octanol–water partition coefficient (Wildman–Crippen LogP) is 10.3. The maximum Gasteiger partial charge on any atom is 0.161 e. The van der Waals surface area contributed by atoms with Crippen molar-refractivity contribution in [2.24, 2.45) is 0 Å². The molecule has 0 unspecified atom stereocenters. The Hall–Kier alpha value is -5.87. The van der Waals surface area contributed by atoms with E-state index in [4.69, 9.17) is 9.97 Å². The van der Waals surface area contributed by atoms with Crippen LogP contribution in [0.1, 0.15) is 25.0 Å². The van der Waals surface area contributed by atoms with Crippen molar-refractivity contribution >= 4 is 21.8 Å². The second kappa shape index (κ2) is 10.1. The molecule has 0 fully saturated rings. The second-order valence-electron chi connectivity index (χ2n) is 12.5. The fraction of sp³-hybridized carbons (Fsp3) is 0.0714. The van der Waals surface area contributed by atoms with Crippen molar-refractivity contribution in [3.8, 4) is 50.7 Å². The van der Waals surface area contributed by atoms with Gasteiger partial charge in [0.05, 0.1) is 22.4 Å². The van der Waals surface area contributed by atoms with Gasteiger partial charge in [-0.25, -0.2) is 9.97 Å². The molecule has 8 aromatic rings. The molecule has 0 radical (unpaired) electrons. The monoisotopic (exact) mass is 590 g/mol. The standard InChI is InChI=1S/C42H30N4/c1-42(2)34-16-8-6-14-31(34)40-32(15-10-17-35(40)42)41-44-36(27-11-4-3-5-12-27)25-37(45-41)28-19-21-29(22-20-28)46-38-18-9-7-13-30(38)33-26-43-24-23-39(33)46/h3-26H,1-2H3. The van der Waals surface area contributed by atoms with Gasteiger partial charge >= 0.3 is 0 Å². The van der Waals surface area contributed by atoms with Crippen LogP contribution in [-0.2, 0) is 5.41 Å². The molecule has 4 nitrogen and oxygen atoms in total. The summed E-state index contributed by atoms with van der Waals surface area (Å²) in [6.07, 6.45) is 3.81. The molecule has 0 N–H and O–H groups in total. The lowest BCUT2D eigenvalue weighted by Crippen LogP contribution is -2.14. The van der Waals surface area contributed by atoms with Crippen LogP contribution in [0.15, 0.2) is 146 Å². The van der Waals surface area contributed by atoms with Crippen LogP contribution in [0, 0.1) is 0 Å². The number of aromatic nitrogens is 4. The molecule has 9 rings (SSSR count). The minimum Gasteiger partial charge on any atom is -0.309 e. The van der Waals surface area contributed by atoms with Gasteiger partial charge in [0.15, 0.2) is 5.82 Å². The molecule has 1 aliphatic carbocycles. The second-order valence-corrected chi connectivity index (χ2v) is 12.5. The fourth-order valence-electron chi connectivity index (χ4n) is 7.29. The summed E-state index contributed by atoms with van der Waals surface area (Å²) in [5, 5.41) is 2.35. The Morgan fingerprint density at radius 3 is 2.02 bits per heavy atom. The molecule has 0 saturated heterocycles. The van der Waals surface area contributed by atoms with Gasteiger partial charge in [0.1, 0.15) is 0 Å². The van der Waals surface area contributed by atoms with Gasteiger partial charge < -0.3 is 4.57 Å². The van der Waals surface area contributed by atoms with Crippen LogP contribution in [-0.4, -0.2) is 19.5 Å². The third-order valence-corrected chi connectivity index (χ3v) is 9.54. The lowest BCUT2D eigenvalue weighted by Gasteiger charge is -2.21. The summed E-state index contributed by atoms with van der Waals surface area (Å²) in [6.45, 7) is 4.62. The summed E-state index contributed by atoms with van der Waals surface area (Å²) < 4.78 is 2.31. The Morgan fingerprint density at radius 1 is 0.543 bits per heavy atom. The lowest BCUT2D eigenvalue weighted by atomic mass is 9.82. The van der Waals surface area contributed by atoms with Crippen LogP contribution in [0.5, 0.6) is 0 Å². The van der Waals surface area contributed by atoms with Crippen LogP contribution in [0.4, 0.5) is 0 Å². The number of fused-ring (bicyclic) bond motifs is 6. The third-order valence-electron chi connectivity index (χ3n) is 9.54. The number of nitrogens with zero attached hydrogens (tertiary/aromatic N) is 4. The van der Waals surface area contributed by atoms with Crippen molar-refractivity contribution < 1.29 is 0 Å². The summed E-state index contributed by atoms with van der Waals surface area (Å²) in [5.41, 5.74) is 13.4. The molecule has 4 heteroatoms. The molecule has 0 bridgehead atoms. The molecule has 0 atom stereocenters. The first-order valence-electron chi connectivity index (χ1n) is 15.7. The summed E-state index contributed by atoms with van der Waals surface area (Å²) in [4.78, 5) is 14.9. The largest absolute Gasteiger partial charge is 0.309 e. The van der Waals surface area contributed by atoms with Crippen molar-refractivity contribution in [3.05, 3.63) is 157 Å². The minimum atomic E-state index is -0.0967. The average molecular weight is 591 g/mol. The smallest absolute Gasteiger partial charge is 0.161 e. The van der Waals surface area contributed by atoms with E-state index in [-0.39, 0.29) is 5.41 Å². The maximum absolute atomic E-state index is 5.26. The predicted molar refractivity (Wildman–Crippen MR) is 188 cm³/mol. The van der Waals surface area contributed by atoms with E-state index in [2.05, 4.69) is 151 Å². The Balaban J connectivity index is 1.22. The SMILES string of the molecule is CC1(C)c2ccccc2-c2c(-c3nc(-c4ccccc4)cc(-c4ccc(-n5c6ccccc6c6cnccc65)cc4)n3)cccc21. The first kappa shape index (κ1) is 26.5. The van der Waals surface area contributed by atoms with E-state index >= 15 is 0 Å². The highest BCUT2D eigenvalue weighted by atomic mass is 15.0. The maximum atomic E-state index is 5.26. The number of pyridine rings is 1. The number of hydrogen-bond acceptors (Lipinski definition) is 3. The van der Waals surface area contributed by atoms with Gasteiger partial charge in [0.25, 0.3) is 0 Å². The number of para-hydroxylation sites is 1. The van der Waals surface area contributed by atoms with Gasteiger partial charge in [-0.05, 0) is 52.6 Å². The quantitative estimate of drug-likeness (QED) is 0.205. The van der Waals surface area contributed by atoms with E-state index in [1.807, 2.05) is 18.5 Å². The van der Waals surface area contributed by atoms with E-state index in [1.165, 1.54) is 27.6 Å². The molecule has 0 saturated carbocycles. The topological polar surface area (TPSA) is 43.6 Å². The number of rotatable bonds is 4. The van der Waals surface area contributed by atoms with Gasteiger partial charge in [-0.2, -0.15) is 0 Å². The van der Waals surface area contributed by atoms with Gasteiger partial charge in [0.2, 0.25) is 0 Å².